The molecule has 12 N–H and O–H groups in total. The van der Waals surface area contributed by atoms with E-state index >= 15 is 0 Å². The number of hydrogen-bond acceptors (Lipinski definition) is 12. The summed E-state index contributed by atoms with van der Waals surface area (Å²) in [7, 11) is -9.80. The van der Waals surface area contributed by atoms with E-state index in [0.29, 0.717) is 0 Å². The van der Waals surface area contributed by atoms with Gasteiger partial charge in [-0.1, -0.05) is 0 Å². The van der Waals surface area contributed by atoms with Crippen molar-refractivity contribution in [2.24, 2.45) is 0 Å². The third-order valence-corrected chi connectivity index (χ3v) is 7.60. The van der Waals surface area contributed by atoms with E-state index < -0.39 is 102 Å². The number of phenolic OH excluding ortho intramolecular Hbond substituents is 2. The average Bonchev–Trinajstić information content (AvgIpc) is 2.83. The second-order valence-electron chi connectivity index (χ2n) is 9.14. The quantitative estimate of drug-likeness (QED) is 0.0602. The van der Waals surface area contributed by atoms with Crippen molar-refractivity contribution in [3.05, 3.63) is 46.5 Å². The van der Waals surface area contributed by atoms with Gasteiger partial charge in [0, 0.05) is 58.5 Å². The number of aliphatic hydroxyl groups is 4. The van der Waals surface area contributed by atoms with E-state index in [1.807, 2.05) is 0 Å². The first-order chi connectivity index (χ1) is 18.5. The summed E-state index contributed by atoms with van der Waals surface area (Å²) in [5.74, 6) is -1.91. The van der Waals surface area contributed by atoms with E-state index in [1.54, 1.807) is 0 Å². The zero-order chi connectivity index (χ0) is 30.4. The number of aliphatic hydroxyl groups excluding tert-OH is 4. The Morgan fingerprint density at radius 2 is 0.878 bits per heavy atom. The molecule has 0 aliphatic rings. The molecule has 19 heteroatoms. The Morgan fingerprint density at radius 1 is 0.561 bits per heavy atom. The molecule has 2 aromatic rings. The third-order valence-electron chi connectivity index (χ3n) is 6.14. The van der Waals surface area contributed by atoms with Crippen LogP contribution in [0.25, 0.3) is 0 Å². The minimum atomic E-state index is -4.90. The van der Waals surface area contributed by atoms with Crippen LogP contribution in [0.3, 0.4) is 0 Å². The molecule has 0 saturated heterocycles. The van der Waals surface area contributed by atoms with Crippen LogP contribution < -0.4 is 0 Å². The molecule has 2 atom stereocenters. The minimum absolute atomic E-state index is 0. The van der Waals surface area contributed by atoms with Gasteiger partial charge in [-0.3, -0.25) is 18.9 Å². The van der Waals surface area contributed by atoms with Crippen LogP contribution in [0.1, 0.15) is 22.3 Å². The van der Waals surface area contributed by atoms with E-state index in [-0.39, 0.29) is 39.3 Å². The number of nitrogens with zero attached hydrogens (tertiary/aromatic N) is 2. The zero-order valence-corrected chi connectivity index (χ0v) is 24.3. The molecule has 0 aliphatic carbocycles. The van der Waals surface area contributed by atoms with Gasteiger partial charge in [-0.25, -0.2) is 0 Å². The van der Waals surface area contributed by atoms with Gasteiger partial charge in [0.05, 0.1) is 38.5 Å². The number of rotatable bonds is 15. The Hall–Kier alpha value is -1.78. The molecule has 234 valence electrons. The van der Waals surface area contributed by atoms with Crippen LogP contribution in [0.4, 0.5) is 0 Å². The molecular weight excluding hydrogens is 634 g/mol. The van der Waals surface area contributed by atoms with E-state index in [0.717, 1.165) is 34.1 Å². The number of phenols is 4. The second-order valence-corrected chi connectivity index (χ2v) is 12.4. The Morgan fingerprint density at radius 3 is 1.27 bits per heavy atom. The largest absolute Gasteiger partial charge is 0.508 e. The van der Waals surface area contributed by atoms with Crippen LogP contribution in [0, 0.1) is 0 Å². The molecule has 2 aromatic carbocycles. The van der Waals surface area contributed by atoms with Crippen LogP contribution in [-0.4, -0.2) is 108 Å². The summed E-state index contributed by atoms with van der Waals surface area (Å²) >= 11 is 0. The summed E-state index contributed by atoms with van der Waals surface area (Å²) in [6, 6.07) is 1.16. The maximum absolute atomic E-state index is 12.0. The van der Waals surface area contributed by atoms with Gasteiger partial charge in [0.25, 0.3) is 0 Å². The van der Waals surface area contributed by atoms with Gasteiger partial charge in [0.1, 0.15) is 35.6 Å². The molecule has 0 amide bonds. The standard InChI is InChI=1S/C22H34N2O14P2.Fe/c25-7-15-1-13(21(31)4-22(15)32)5-23(11-39(33,34)35)17(9-27)18(10-28)24(12-40(36,37)38)6-14-2-20(30)16(8-26)3-19(14)29;/h1-4,17-18,25-32H,5-12H2,(H2,33,34,35)(H2,36,37,38);/t17?,18-;/m1./s1. The first-order valence-corrected chi connectivity index (χ1v) is 15.2. The van der Waals surface area contributed by atoms with Crippen molar-refractivity contribution in [1.29, 1.82) is 0 Å². The summed E-state index contributed by atoms with van der Waals surface area (Å²) in [5, 5.41) is 79.9. The van der Waals surface area contributed by atoms with Crippen molar-refractivity contribution in [2.75, 3.05) is 25.8 Å². The minimum Gasteiger partial charge on any atom is -0.508 e. The SMILES string of the molecule is O=P(O)(O)CN(Cc1cc(CO)c(O)cc1O)C(CO)[C@@H](CO)N(Cc1cc(O)c(CO)cc1O)CP(=O)(O)O.[Fe]. The predicted molar refractivity (Wildman–Crippen MR) is 138 cm³/mol. The van der Waals surface area contributed by atoms with Gasteiger partial charge in [-0.15, -0.1) is 0 Å². The van der Waals surface area contributed by atoms with Gasteiger partial charge in [0.2, 0.25) is 0 Å². The first kappa shape index (κ1) is 37.2. The van der Waals surface area contributed by atoms with E-state index in [2.05, 4.69) is 0 Å². The molecule has 0 radical (unpaired) electrons. The summed E-state index contributed by atoms with van der Waals surface area (Å²) in [5.41, 5.74) is -0.218. The molecule has 0 bridgehead atoms. The van der Waals surface area contributed by atoms with Crippen molar-refractivity contribution in [3.8, 4) is 23.0 Å². The smallest absolute Gasteiger partial charge is 0.339 e. The Kier molecular flexibility index (Phi) is 14.2. The molecule has 0 fully saturated rings. The fourth-order valence-electron chi connectivity index (χ4n) is 4.26. The Labute approximate surface area is 245 Å². The Bertz CT molecular complexity index is 1260. The van der Waals surface area contributed by atoms with Gasteiger partial charge < -0.3 is 60.4 Å². The van der Waals surface area contributed by atoms with Crippen LogP contribution in [0.5, 0.6) is 23.0 Å². The van der Waals surface area contributed by atoms with Crippen LogP contribution >= 0.6 is 15.2 Å². The molecule has 0 aromatic heterocycles. The summed E-state index contributed by atoms with van der Waals surface area (Å²) in [4.78, 5) is 40.8. The fraction of sp³-hybridized carbons (Fsp3) is 0.455. The maximum Gasteiger partial charge on any atom is 0.339 e. The molecule has 0 aliphatic heterocycles. The summed E-state index contributed by atoms with van der Waals surface area (Å²) < 4.78 is 24.0. The van der Waals surface area contributed by atoms with E-state index in [9.17, 15) is 69.6 Å². The van der Waals surface area contributed by atoms with Crippen LogP contribution in [-0.2, 0) is 52.5 Å². The zero-order valence-electron chi connectivity index (χ0n) is 21.4. The van der Waals surface area contributed by atoms with Crippen molar-refractivity contribution < 1.29 is 86.6 Å². The van der Waals surface area contributed by atoms with Gasteiger partial charge in [-0.05, 0) is 18.2 Å². The monoisotopic (exact) mass is 668 g/mol. The molecule has 0 saturated carbocycles. The topological polar surface area (TPSA) is 283 Å². The van der Waals surface area contributed by atoms with Crippen molar-refractivity contribution in [1.82, 2.24) is 9.80 Å². The van der Waals surface area contributed by atoms with Crippen molar-refractivity contribution >= 4 is 15.2 Å². The second kappa shape index (κ2) is 15.6. The Balaban J connectivity index is 0.00000840. The first-order valence-electron chi connectivity index (χ1n) is 11.6. The summed E-state index contributed by atoms with van der Waals surface area (Å²) in [6.45, 7) is -4.18. The molecule has 16 nitrogen and oxygen atoms in total. The molecule has 0 spiro atoms. The predicted octanol–water partition coefficient (Wildman–Crippen LogP) is -1.21. The van der Waals surface area contributed by atoms with Crippen molar-refractivity contribution in [3.63, 3.8) is 0 Å². The number of aromatic hydroxyl groups is 4. The molecule has 0 heterocycles. The van der Waals surface area contributed by atoms with Crippen molar-refractivity contribution in [2.45, 2.75) is 38.4 Å². The normalized spacial score (nSPS) is 13.8. The molecule has 1 unspecified atom stereocenters. The summed E-state index contributed by atoms with van der Waals surface area (Å²) in [6.07, 6.45) is -2.11. The van der Waals surface area contributed by atoms with E-state index in [1.165, 1.54) is 0 Å². The third kappa shape index (κ3) is 10.8. The van der Waals surface area contributed by atoms with Gasteiger partial charge >= 0.3 is 15.2 Å². The fourth-order valence-corrected chi connectivity index (χ4v) is 5.83. The van der Waals surface area contributed by atoms with Crippen LogP contribution in [0.2, 0.25) is 0 Å². The number of benzene rings is 2. The molecule has 41 heavy (non-hydrogen) atoms. The maximum atomic E-state index is 12.0. The average molecular weight is 668 g/mol. The molecular formula is C22H34FeN2O14P2. The van der Waals surface area contributed by atoms with E-state index in [4.69, 9.17) is 0 Å². The number of hydrogen-bond donors (Lipinski definition) is 12. The van der Waals surface area contributed by atoms with Crippen LogP contribution in [0.15, 0.2) is 24.3 Å². The molecule has 2 rings (SSSR count). The van der Waals surface area contributed by atoms with Gasteiger partial charge in [-0.2, -0.15) is 0 Å². The van der Waals surface area contributed by atoms with Gasteiger partial charge in [0.15, 0.2) is 0 Å².